The SMILES string of the molecule is CC.Cc1ccc2c(c1)CCC2N. The minimum absolute atomic E-state index is 0.297. The highest BCUT2D eigenvalue weighted by Gasteiger charge is 2.17. The maximum absolute atomic E-state index is 5.90. The molecule has 0 amide bonds. The fourth-order valence-corrected chi connectivity index (χ4v) is 1.78. The van der Waals surface area contributed by atoms with Gasteiger partial charge in [0.25, 0.3) is 0 Å². The van der Waals surface area contributed by atoms with E-state index in [0.717, 1.165) is 12.8 Å². The molecule has 1 unspecified atom stereocenters. The highest BCUT2D eigenvalue weighted by atomic mass is 14.6. The molecular formula is C12H19N. The summed E-state index contributed by atoms with van der Waals surface area (Å²) in [5, 5.41) is 0. The van der Waals surface area contributed by atoms with Gasteiger partial charge >= 0.3 is 0 Å². The number of hydrogen-bond acceptors (Lipinski definition) is 1. The van der Waals surface area contributed by atoms with E-state index in [1.807, 2.05) is 13.8 Å². The van der Waals surface area contributed by atoms with Crippen molar-refractivity contribution in [3.63, 3.8) is 0 Å². The summed E-state index contributed by atoms with van der Waals surface area (Å²) in [6.45, 7) is 6.13. The summed E-state index contributed by atoms with van der Waals surface area (Å²) in [5.74, 6) is 0. The van der Waals surface area contributed by atoms with Crippen LogP contribution in [0.4, 0.5) is 0 Å². The van der Waals surface area contributed by atoms with Crippen molar-refractivity contribution < 1.29 is 0 Å². The lowest BCUT2D eigenvalue weighted by molar-refractivity contribution is 0.713. The van der Waals surface area contributed by atoms with Crippen LogP contribution < -0.4 is 5.73 Å². The van der Waals surface area contributed by atoms with Crippen LogP contribution in [0.25, 0.3) is 0 Å². The predicted octanol–water partition coefficient (Wildman–Crippen LogP) is 2.97. The van der Waals surface area contributed by atoms with Gasteiger partial charge in [-0.05, 0) is 30.9 Å². The zero-order valence-corrected chi connectivity index (χ0v) is 8.80. The Hall–Kier alpha value is -0.820. The quantitative estimate of drug-likeness (QED) is 0.647. The molecule has 0 bridgehead atoms. The van der Waals surface area contributed by atoms with E-state index in [1.165, 1.54) is 16.7 Å². The molecule has 0 saturated carbocycles. The largest absolute Gasteiger partial charge is 0.324 e. The zero-order chi connectivity index (χ0) is 9.84. The number of benzene rings is 1. The summed E-state index contributed by atoms with van der Waals surface area (Å²) in [6.07, 6.45) is 2.29. The Morgan fingerprint density at radius 1 is 1.31 bits per heavy atom. The molecule has 1 aromatic carbocycles. The van der Waals surface area contributed by atoms with Gasteiger partial charge < -0.3 is 5.73 Å². The molecule has 0 aliphatic heterocycles. The van der Waals surface area contributed by atoms with Gasteiger partial charge in [-0.2, -0.15) is 0 Å². The van der Waals surface area contributed by atoms with Gasteiger partial charge in [0.1, 0.15) is 0 Å². The van der Waals surface area contributed by atoms with E-state index in [1.54, 1.807) is 0 Å². The number of rotatable bonds is 0. The third kappa shape index (κ3) is 2.10. The summed E-state index contributed by atoms with van der Waals surface area (Å²) >= 11 is 0. The van der Waals surface area contributed by atoms with E-state index in [2.05, 4.69) is 25.1 Å². The Kier molecular flexibility index (Phi) is 3.49. The molecule has 13 heavy (non-hydrogen) atoms. The highest BCUT2D eigenvalue weighted by Crippen LogP contribution is 2.29. The Balaban J connectivity index is 0.000000396. The molecule has 1 atom stereocenters. The van der Waals surface area contributed by atoms with E-state index in [9.17, 15) is 0 Å². The second-order valence-corrected chi connectivity index (χ2v) is 3.35. The van der Waals surface area contributed by atoms with E-state index < -0.39 is 0 Å². The van der Waals surface area contributed by atoms with E-state index in [0.29, 0.717) is 6.04 Å². The van der Waals surface area contributed by atoms with Crippen molar-refractivity contribution in [1.29, 1.82) is 0 Å². The molecule has 0 radical (unpaired) electrons. The minimum Gasteiger partial charge on any atom is -0.324 e. The minimum atomic E-state index is 0.297. The van der Waals surface area contributed by atoms with Crippen molar-refractivity contribution in [2.75, 3.05) is 0 Å². The van der Waals surface area contributed by atoms with Gasteiger partial charge in [-0.1, -0.05) is 37.6 Å². The van der Waals surface area contributed by atoms with Crippen LogP contribution >= 0.6 is 0 Å². The van der Waals surface area contributed by atoms with Crippen LogP contribution in [0.1, 0.15) is 43.0 Å². The van der Waals surface area contributed by atoms with Gasteiger partial charge in [0.2, 0.25) is 0 Å². The van der Waals surface area contributed by atoms with Crippen LogP contribution in [0.2, 0.25) is 0 Å². The number of aryl methyl sites for hydroxylation is 2. The highest BCUT2D eigenvalue weighted by molar-refractivity contribution is 5.37. The molecule has 2 rings (SSSR count). The van der Waals surface area contributed by atoms with Crippen LogP contribution in [-0.4, -0.2) is 0 Å². The van der Waals surface area contributed by atoms with Crippen molar-refractivity contribution in [3.05, 3.63) is 34.9 Å². The van der Waals surface area contributed by atoms with Gasteiger partial charge in [-0.25, -0.2) is 0 Å². The summed E-state index contributed by atoms with van der Waals surface area (Å²) in [6, 6.07) is 6.86. The van der Waals surface area contributed by atoms with Crippen molar-refractivity contribution in [1.82, 2.24) is 0 Å². The monoisotopic (exact) mass is 177 g/mol. The maximum Gasteiger partial charge on any atom is 0.0300 e. The lowest BCUT2D eigenvalue weighted by Gasteiger charge is -2.03. The van der Waals surface area contributed by atoms with Gasteiger partial charge in [-0.15, -0.1) is 0 Å². The molecule has 0 spiro atoms. The van der Waals surface area contributed by atoms with Crippen LogP contribution in [0.15, 0.2) is 18.2 Å². The van der Waals surface area contributed by atoms with Crippen molar-refractivity contribution in [2.45, 2.75) is 39.7 Å². The third-order valence-corrected chi connectivity index (χ3v) is 2.42. The number of nitrogens with two attached hydrogens (primary N) is 1. The fraction of sp³-hybridized carbons (Fsp3) is 0.500. The fourth-order valence-electron chi connectivity index (χ4n) is 1.78. The molecular weight excluding hydrogens is 158 g/mol. The van der Waals surface area contributed by atoms with Crippen molar-refractivity contribution in [3.8, 4) is 0 Å². The summed E-state index contributed by atoms with van der Waals surface area (Å²) in [4.78, 5) is 0. The number of fused-ring (bicyclic) bond motifs is 1. The smallest absolute Gasteiger partial charge is 0.0300 e. The van der Waals surface area contributed by atoms with E-state index in [4.69, 9.17) is 5.73 Å². The average molecular weight is 177 g/mol. The zero-order valence-electron chi connectivity index (χ0n) is 8.80. The molecule has 1 aromatic rings. The molecule has 1 aliphatic rings. The first-order valence-electron chi connectivity index (χ1n) is 5.12. The third-order valence-electron chi connectivity index (χ3n) is 2.42. The lowest BCUT2D eigenvalue weighted by atomic mass is 10.1. The molecule has 1 heteroatoms. The normalized spacial score (nSPS) is 18.9. The maximum atomic E-state index is 5.90. The average Bonchev–Trinajstić information content (AvgIpc) is 2.51. The van der Waals surface area contributed by atoms with Crippen LogP contribution in [0, 0.1) is 6.92 Å². The van der Waals surface area contributed by atoms with E-state index >= 15 is 0 Å². The molecule has 2 N–H and O–H groups in total. The van der Waals surface area contributed by atoms with Crippen LogP contribution in [-0.2, 0) is 6.42 Å². The molecule has 0 fully saturated rings. The lowest BCUT2D eigenvalue weighted by Crippen LogP contribution is -2.04. The Bertz CT molecular complexity index is 278. The predicted molar refractivity (Wildman–Crippen MR) is 57.8 cm³/mol. The van der Waals surface area contributed by atoms with Gasteiger partial charge in [-0.3, -0.25) is 0 Å². The topological polar surface area (TPSA) is 26.0 Å². The number of hydrogen-bond donors (Lipinski definition) is 1. The van der Waals surface area contributed by atoms with Gasteiger partial charge in [0, 0.05) is 6.04 Å². The van der Waals surface area contributed by atoms with Gasteiger partial charge in [0.15, 0.2) is 0 Å². The first-order valence-corrected chi connectivity index (χ1v) is 5.12. The van der Waals surface area contributed by atoms with Crippen molar-refractivity contribution >= 4 is 0 Å². The second kappa shape index (κ2) is 4.43. The summed E-state index contributed by atoms with van der Waals surface area (Å²) in [5.41, 5.74) is 10.1. The molecule has 1 aliphatic carbocycles. The Morgan fingerprint density at radius 2 is 2.00 bits per heavy atom. The van der Waals surface area contributed by atoms with E-state index in [-0.39, 0.29) is 0 Å². The first kappa shape index (κ1) is 10.3. The Labute approximate surface area is 81.0 Å². The standard InChI is InChI=1S/C10H13N.C2H6/c1-7-2-4-9-8(6-7)3-5-10(9)11;1-2/h2,4,6,10H,3,5,11H2,1H3;1-2H3. The van der Waals surface area contributed by atoms with Gasteiger partial charge in [0.05, 0.1) is 0 Å². The van der Waals surface area contributed by atoms with Crippen LogP contribution in [0.5, 0.6) is 0 Å². The molecule has 0 aromatic heterocycles. The van der Waals surface area contributed by atoms with Crippen LogP contribution in [0.3, 0.4) is 0 Å². The molecule has 1 nitrogen and oxygen atoms in total. The molecule has 0 saturated heterocycles. The summed E-state index contributed by atoms with van der Waals surface area (Å²) in [7, 11) is 0. The molecule has 0 heterocycles. The van der Waals surface area contributed by atoms with Crippen molar-refractivity contribution in [2.24, 2.45) is 5.73 Å². The Morgan fingerprint density at radius 3 is 2.69 bits per heavy atom. The summed E-state index contributed by atoms with van der Waals surface area (Å²) < 4.78 is 0. The molecule has 72 valence electrons. The second-order valence-electron chi connectivity index (χ2n) is 3.35. The first-order chi connectivity index (χ1) is 6.27.